The summed E-state index contributed by atoms with van der Waals surface area (Å²) in [7, 11) is 2.45. The largest absolute Gasteiger partial charge is 0.481 e. The highest BCUT2D eigenvalue weighted by Crippen LogP contribution is 2.19. The molecule has 0 fully saturated rings. The summed E-state index contributed by atoms with van der Waals surface area (Å²) in [4.78, 5) is 33.3. The SMILES string of the molecule is CC(C)(C)OC(=O)NCCCCCCCCCCNC(=O)CSSCC(=O)O. The number of nitrogens with one attached hydrogen (secondary N) is 2. The summed E-state index contributed by atoms with van der Waals surface area (Å²) >= 11 is 0. The quantitative estimate of drug-likeness (QED) is 0.246. The van der Waals surface area contributed by atoms with Crippen molar-refractivity contribution in [2.75, 3.05) is 24.6 Å². The van der Waals surface area contributed by atoms with Crippen molar-refractivity contribution in [1.29, 1.82) is 0 Å². The van der Waals surface area contributed by atoms with E-state index in [1.807, 2.05) is 20.8 Å². The van der Waals surface area contributed by atoms with E-state index in [0.29, 0.717) is 18.8 Å². The van der Waals surface area contributed by atoms with Gasteiger partial charge in [0.05, 0.1) is 5.75 Å². The van der Waals surface area contributed by atoms with Crippen LogP contribution in [0.3, 0.4) is 0 Å². The maximum atomic E-state index is 11.5. The second-order valence-corrected chi connectivity index (χ2v) is 9.99. The number of carboxylic acids is 1. The summed E-state index contributed by atoms with van der Waals surface area (Å²) in [6.45, 7) is 6.89. The average molecular weight is 437 g/mol. The molecule has 3 N–H and O–H groups in total. The van der Waals surface area contributed by atoms with Gasteiger partial charge >= 0.3 is 12.1 Å². The highest BCUT2D eigenvalue weighted by Gasteiger charge is 2.15. The van der Waals surface area contributed by atoms with E-state index < -0.39 is 11.6 Å². The summed E-state index contributed by atoms with van der Waals surface area (Å²) < 4.78 is 5.18. The van der Waals surface area contributed by atoms with Gasteiger partial charge in [-0.25, -0.2) is 4.79 Å². The summed E-state index contributed by atoms with van der Waals surface area (Å²) in [5.74, 6) is -0.600. The van der Waals surface area contributed by atoms with Crippen LogP contribution in [0, 0.1) is 0 Å². The van der Waals surface area contributed by atoms with E-state index in [1.54, 1.807) is 0 Å². The summed E-state index contributed by atoms with van der Waals surface area (Å²) in [6, 6.07) is 0. The highest BCUT2D eigenvalue weighted by atomic mass is 33.1. The Morgan fingerprint density at radius 1 is 0.786 bits per heavy atom. The first kappa shape index (κ1) is 26.9. The van der Waals surface area contributed by atoms with Crippen molar-refractivity contribution < 1.29 is 24.2 Å². The normalized spacial score (nSPS) is 11.1. The van der Waals surface area contributed by atoms with Crippen LogP contribution in [0.1, 0.15) is 72.1 Å². The number of rotatable bonds is 16. The fourth-order valence-electron chi connectivity index (χ4n) is 2.28. The zero-order valence-electron chi connectivity index (χ0n) is 17.4. The molecule has 9 heteroatoms. The lowest BCUT2D eigenvalue weighted by Crippen LogP contribution is -2.32. The molecule has 2 amide bonds. The fraction of sp³-hybridized carbons (Fsp3) is 0.842. The number of amides is 2. The lowest BCUT2D eigenvalue weighted by atomic mass is 10.1. The van der Waals surface area contributed by atoms with E-state index in [2.05, 4.69) is 10.6 Å². The number of carbonyl (C=O) groups excluding carboxylic acids is 2. The average Bonchev–Trinajstić information content (AvgIpc) is 2.58. The second kappa shape index (κ2) is 16.8. The molecule has 0 heterocycles. The topological polar surface area (TPSA) is 105 Å². The van der Waals surface area contributed by atoms with Crippen molar-refractivity contribution in [3.8, 4) is 0 Å². The number of carbonyl (C=O) groups is 3. The molecule has 0 spiro atoms. The molecule has 0 saturated carbocycles. The first-order valence-corrected chi connectivity index (χ1v) is 12.4. The molecule has 0 rings (SSSR count). The van der Waals surface area contributed by atoms with Crippen molar-refractivity contribution >= 4 is 39.6 Å². The predicted octanol–water partition coefficient (Wildman–Crippen LogP) is 4.21. The Labute approximate surface area is 176 Å². The molecule has 0 unspecified atom stereocenters. The zero-order chi connectivity index (χ0) is 21.3. The Morgan fingerprint density at radius 3 is 1.75 bits per heavy atom. The van der Waals surface area contributed by atoms with Crippen molar-refractivity contribution in [3.63, 3.8) is 0 Å². The minimum atomic E-state index is -0.865. The highest BCUT2D eigenvalue weighted by molar-refractivity contribution is 8.77. The number of alkyl carbamates (subject to hydrolysis) is 1. The molecule has 0 radical (unpaired) electrons. The van der Waals surface area contributed by atoms with Gasteiger partial charge in [-0.05, 0) is 33.6 Å². The van der Waals surface area contributed by atoms with Gasteiger partial charge in [-0.2, -0.15) is 0 Å². The van der Waals surface area contributed by atoms with Crippen LogP contribution in [0.5, 0.6) is 0 Å². The molecule has 0 atom stereocenters. The third kappa shape index (κ3) is 21.2. The van der Waals surface area contributed by atoms with Gasteiger partial charge in [0, 0.05) is 13.1 Å². The van der Waals surface area contributed by atoms with Gasteiger partial charge in [-0.1, -0.05) is 60.1 Å². The van der Waals surface area contributed by atoms with Crippen LogP contribution in [-0.2, 0) is 14.3 Å². The molecule has 0 bridgehead atoms. The minimum absolute atomic E-state index is 0.0121. The molecule has 0 aliphatic carbocycles. The van der Waals surface area contributed by atoms with Gasteiger partial charge in [0.15, 0.2) is 0 Å². The molecular weight excluding hydrogens is 400 g/mol. The lowest BCUT2D eigenvalue weighted by Gasteiger charge is -2.19. The monoisotopic (exact) mass is 436 g/mol. The summed E-state index contributed by atoms with van der Waals surface area (Å²) in [5, 5.41) is 14.1. The molecule has 0 aromatic carbocycles. The second-order valence-electron chi connectivity index (χ2n) is 7.53. The van der Waals surface area contributed by atoms with E-state index in [4.69, 9.17) is 9.84 Å². The van der Waals surface area contributed by atoms with Gasteiger partial charge in [-0.3, -0.25) is 9.59 Å². The summed E-state index contributed by atoms with van der Waals surface area (Å²) in [5.41, 5.74) is -0.452. The minimum Gasteiger partial charge on any atom is -0.481 e. The molecule has 0 saturated heterocycles. The first-order chi connectivity index (χ1) is 13.2. The van der Waals surface area contributed by atoms with Gasteiger partial charge < -0.3 is 20.5 Å². The van der Waals surface area contributed by atoms with Crippen LogP contribution in [0.15, 0.2) is 0 Å². The molecule has 0 aromatic rings. The van der Waals surface area contributed by atoms with E-state index in [9.17, 15) is 14.4 Å². The van der Waals surface area contributed by atoms with E-state index in [0.717, 1.165) is 38.5 Å². The van der Waals surface area contributed by atoms with Crippen LogP contribution in [0.4, 0.5) is 4.79 Å². The van der Waals surface area contributed by atoms with E-state index in [1.165, 1.54) is 34.4 Å². The van der Waals surface area contributed by atoms with Crippen LogP contribution in [0.2, 0.25) is 0 Å². The molecular formula is C19H36N2O5S2. The fourth-order valence-corrected chi connectivity index (χ4v) is 3.88. The number of aliphatic carboxylic acids is 1. The van der Waals surface area contributed by atoms with Gasteiger partial charge in [-0.15, -0.1) is 0 Å². The number of hydrogen-bond donors (Lipinski definition) is 3. The molecule has 0 aliphatic heterocycles. The number of hydrogen-bond acceptors (Lipinski definition) is 6. The Bertz CT molecular complexity index is 456. The summed E-state index contributed by atoms with van der Waals surface area (Å²) in [6.07, 6.45) is 8.49. The molecule has 7 nitrogen and oxygen atoms in total. The Morgan fingerprint density at radius 2 is 1.25 bits per heavy atom. The van der Waals surface area contributed by atoms with Crippen molar-refractivity contribution in [1.82, 2.24) is 10.6 Å². The number of carboxylic acid groups (broad SMARTS) is 1. The predicted molar refractivity (Wildman–Crippen MR) is 117 cm³/mol. The molecule has 28 heavy (non-hydrogen) atoms. The van der Waals surface area contributed by atoms with Crippen LogP contribution in [0.25, 0.3) is 0 Å². The molecule has 164 valence electrons. The third-order valence-electron chi connectivity index (χ3n) is 3.55. The maximum Gasteiger partial charge on any atom is 0.407 e. The first-order valence-electron chi connectivity index (χ1n) is 9.90. The van der Waals surface area contributed by atoms with Crippen molar-refractivity contribution in [3.05, 3.63) is 0 Å². The number of ether oxygens (including phenoxy) is 1. The van der Waals surface area contributed by atoms with E-state index >= 15 is 0 Å². The maximum absolute atomic E-state index is 11.5. The van der Waals surface area contributed by atoms with Crippen molar-refractivity contribution in [2.24, 2.45) is 0 Å². The third-order valence-corrected chi connectivity index (χ3v) is 5.67. The Kier molecular flexibility index (Phi) is 16.2. The van der Waals surface area contributed by atoms with Crippen LogP contribution >= 0.6 is 21.6 Å². The van der Waals surface area contributed by atoms with E-state index in [-0.39, 0.29) is 17.8 Å². The lowest BCUT2D eigenvalue weighted by molar-refractivity contribution is -0.133. The Balaban J connectivity index is 3.28. The van der Waals surface area contributed by atoms with Crippen molar-refractivity contribution in [2.45, 2.75) is 77.7 Å². The molecule has 0 aromatic heterocycles. The molecule has 0 aliphatic rings. The smallest absolute Gasteiger partial charge is 0.407 e. The van der Waals surface area contributed by atoms with Gasteiger partial charge in [0.25, 0.3) is 0 Å². The standard InChI is InChI=1S/C19H36N2O5S2/c1-19(2,3)26-18(25)21-13-11-9-7-5-4-6-8-10-12-20-16(22)14-27-28-15-17(23)24/h4-15H2,1-3H3,(H,20,22)(H,21,25)(H,23,24). The van der Waals surface area contributed by atoms with Crippen LogP contribution in [-0.4, -0.2) is 53.3 Å². The van der Waals surface area contributed by atoms with Gasteiger partial charge in [0.2, 0.25) is 5.91 Å². The van der Waals surface area contributed by atoms with Crippen LogP contribution < -0.4 is 10.6 Å². The van der Waals surface area contributed by atoms with Gasteiger partial charge in [0.1, 0.15) is 11.4 Å². The zero-order valence-corrected chi connectivity index (χ0v) is 19.0. The Hall–Kier alpha value is -1.09. The number of unbranched alkanes of at least 4 members (excludes halogenated alkanes) is 7.